The minimum atomic E-state index is 0.174. The third kappa shape index (κ3) is 5.06. The molecule has 0 saturated carbocycles. The van der Waals surface area contributed by atoms with Crippen molar-refractivity contribution in [2.24, 2.45) is 10.7 Å². The highest BCUT2D eigenvalue weighted by atomic mass is 16.5. The van der Waals surface area contributed by atoms with Crippen LogP contribution in [0.25, 0.3) is 0 Å². The smallest absolute Gasteiger partial charge is 0.193 e. The number of hydrogen-bond donors (Lipinski definition) is 2. The Morgan fingerprint density at radius 1 is 1.47 bits per heavy atom. The van der Waals surface area contributed by atoms with Crippen molar-refractivity contribution in [1.29, 1.82) is 0 Å². The van der Waals surface area contributed by atoms with Crippen molar-refractivity contribution in [3.8, 4) is 5.75 Å². The molecular weight excluding hydrogens is 214 g/mol. The number of aliphatic imine (C=N–C) groups is 1. The maximum atomic E-state index is 5.67. The van der Waals surface area contributed by atoms with Gasteiger partial charge in [0.1, 0.15) is 5.75 Å². The number of hydrogen-bond acceptors (Lipinski definition) is 2. The highest BCUT2D eigenvalue weighted by Crippen LogP contribution is 2.16. The van der Waals surface area contributed by atoms with Crippen LogP contribution in [0.15, 0.2) is 41.9 Å². The number of nitrogens with one attached hydrogen (secondary N) is 1. The van der Waals surface area contributed by atoms with Gasteiger partial charge in [0.25, 0.3) is 0 Å². The molecule has 0 aliphatic rings. The Hall–Kier alpha value is -1.97. The topological polar surface area (TPSA) is 59.6 Å². The SMILES string of the molecule is C=CCN=C(N)Nc1ccc(OC(C)C)cc1. The standard InChI is InChI=1S/C13H19N3O/c1-4-9-15-13(14)16-11-5-7-12(8-6-11)17-10(2)3/h4-8,10H,1,9H2,2-3H3,(H3,14,15,16). The van der Waals surface area contributed by atoms with E-state index in [9.17, 15) is 0 Å². The number of guanidine groups is 1. The summed E-state index contributed by atoms with van der Waals surface area (Å²) in [4.78, 5) is 4.04. The van der Waals surface area contributed by atoms with Crippen LogP contribution in [-0.4, -0.2) is 18.6 Å². The summed E-state index contributed by atoms with van der Waals surface area (Å²) in [7, 11) is 0. The average Bonchev–Trinajstić information content (AvgIpc) is 2.28. The van der Waals surface area contributed by atoms with Crippen LogP contribution in [0.4, 0.5) is 5.69 Å². The van der Waals surface area contributed by atoms with Crippen LogP contribution in [0, 0.1) is 0 Å². The van der Waals surface area contributed by atoms with E-state index in [2.05, 4.69) is 16.9 Å². The molecule has 92 valence electrons. The van der Waals surface area contributed by atoms with Gasteiger partial charge in [0, 0.05) is 5.69 Å². The summed E-state index contributed by atoms with van der Waals surface area (Å²) in [6.45, 7) is 8.06. The fourth-order valence-electron chi connectivity index (χ4n) is 1.24. The van der Waals surface area contributed by atoms with Gasteiger partial charge in [0.05, 0.1) is 12.6 Å². The molecule has 1 aromatic carbocycles. The van der Waals surface area contributed by atoms with Crippen molar-refractivity contribution in [1.82, 2.24) is 0 Å². The van der Waals surface area contributed by atoms with Crippen molar-refractivity contribution in [3.63, 3.8) is 0 Å². The van der Waals surface area contributed by atoms with Gasteiger partial charge in [-0.25, -0.2) is 4.99 Å². The molecule has 1 rings (SSSR count). The lowest BCUT2D eigenvalue weighted by molar-refractivity contribution is 0.242. The van der Waals surface area contributed by atoms with E-state index in [-0.39, 0.29) is 6.10 Å². The lowest BCUT2D eigenvalue weighted by Gasteiger charge is -2.10. The van der Waals surface area contributed by atoms with Crippen LogP contribution in [0.2, 0.25) is 0 Å². The van der Waals surface area contributed by atoms with Crippen LogP contribution >= 0.6 is 0 Å². The number of anilines is 1. The molecule has 0 aliphatic heterocycles. The molecule has 0 amide bonds. The number of nitrogens with two attached hydrogens (primary N) is 1. The summed E-state index contributed by atoms with van der Waals surface area (Å²) in [5, 5.41) is 2.98. The van der Waals surface area contributed by atoms with Crippen LogP contribution in [0.3, 0.4) is 0 Å². The Morgan fingerprint density at radius 3 is 2.65 bits per heavy atom. The van der Waals surface area contributed by atoms with Crippen LogP contribution < -0.4 is 15.8 Å². The molecule has 0 saturated heterocycles. The molecule has 0 aliphatic carbocycles. The molecule has 4 heteroatoms. The third-order valence-electron chi connectivity index (χ3n) is 1.89. The highest BCUT2D eigenvalue weighted by Gasteiger charge is 1.98. The van der Waals surface area contributed by atoms with E-state index < -0.39 is 0 Å². The van der Waals surface area contributed by atoms with E-state index in [0.717, 1.165) is 11.4 Å². The van der Waals surface area contributed by atoms with E-state index in [1.165, 1.54) is 0 Å². The van der Waals surface area contributed by atoms with Gasteiger partial charge in [0.15, 0.2) is 5.96 Å². The Labute approximate surface area is 102 Å². The third-order valence-corrected chi connectivity index (χ3v) is 1.89. The van der Waals surface area contributed by atoms with Gasteiger partial charge >= 0.3 is 0 Å². The molecule has 1 aromatic rings. The van der Waals surface area contributed by atoms with Crippen molar-refractivity contribution < 1.29 is 4.74 Å². The second-order valence-corrected chi connectivity index (χ2v) is 3.83. The maximum absolute atomic E-state index is 5.67. The Bertz CT molecular complexity index is 382. The zero-order chi connectivity index (χ0) is 12.7. The van der Waals surface area contributed by atoms with E-state index >= 15 is 0 Å². The summed E-state index contributed by atoms with van der Waals surface area (Å²) in [6.07, 6.45) is 1.86. The molecule has 3 N–H and O–H groups in total. The quantitative estimate of drug-likeness (QED) is 0.466. The second-order valence-electron chi connectivity index (χ2n) is 3.83. The number of rotatable bonds is 5. The van der Waals surface area contributed by atoms with Gasteiger partial charge in [-0.15, -0.1) is 6.58 Å². The fraction of sp³-hybridized carbons (Fsp3) is 0.308. The van der Waals surface area contributed by atoms with Crippen molar-refractivity contribution in [2.45, 2.75) is 20.0 Å². The summed E-state index contributed by atoms with van der Waals surface area (Å²) in [5.74, 6) is 1.22. The van der Waals surface area contributed by atoms with Crippen molar-refractivity contribution in [2.75, 3.05) is 11.9 Å². The molecule has 4 nitrogen and oxygen atoms in total. The first kappa shape index (κ1) is 13.1. The zero-order valence-electron chi connectivity index (χ0n) is 10.3. The van der Waals surface area contributed by atoms with Gasteiger partial charge in [-0.2, -0.15) is 0 Å². The first-order valence-electron chi connectivity index (χ1n) is 5.56. The maximum Gasteiger partial charge on any atom is 0.193 e. The van der Waals surface area contributed by atoms with Gasteiger partial charge in [-0.1, -0.05) is 6.08 Å². The molecule has 0 radical (unpaired) electrons. The fourth-order valence-corrected chi connectivity index (χ4v) is 1.24. The molecular formula is C13H19N3O. The van der Waals surface area contributed by atoms with Gasteiger partial charge < -0.3 is 15.8 Å². The normalized spacial score (nSPS) is 11.4. The van der Waals surface area contributed by atoms with Gasteiger partial charge in [0.2, 0.25) is 0 Å². The molecule has 0 unspecified atom stereocenters. The summed E-state index contributed by atoms with van der Waals surface area (Å²) < 4.78 is 5.54. The van der Waals surface area contributed by atoms with Gasteiger partial charge in [-0.3, -0.25) is 0 Å². The largest absolute Gasteiger partial charge is 0.491 e. The Kier molecular flexibility index (Phi) is 5.07. The van der Waals surface area contributed by atoms with Crippen LogP contribution in [0.1, 0.15) is 13.8 Å². The van der Waals surface area contributed by atoms with Crippen molar-refractivity contribution >= 4 is 11.6 Å². The van der Waals surface area contributed by atoms with E-state index in [4.69, 9.17) is 10.5 Å². The summed E-state index contributed by atoms with van der Waals surface area (Å²) >= 11 is 0. The first-order chi connectivity index (χ1) is 8.11. The zero-order valence-corrected chi connectivity index (χ0v) is 10.3. The van der Waals surface area contributed by atoms with Crippen molar-refractivity contribution in [3.05, 3.63) is 36.9 Å². The van der Waals surface area contributed by atoms with E-state index in [1.807, 2.05) is 38.1 Å². The summed E-state index contributed by atoms with van der Waals surface area (Å²) in [5.41, 5.74) is 6.55. The predicted molar refractivity (Wildman–Crippen MR) is 72.5 cm³/mol. The second kappa shape index (κ2) is 6.58. The first-order valence-corrected chi connectivity index (χ1v) is 5.56. The molecule has 0 aromatic heterocycles. The predicted octanol–water partition coefficient (Wildman–Crippen LogP) is 2.39. The molecule has 0 spiro atoms. The van der Waals surface area contributed by atoms with Gasteiger partial charge in [-0.05, 0) is 38.1 Å². The number of ether oxygens (including phenoxy) is 1. The average molecular weight is 233 g/mol. The monoisotopic (exact) mass is 233 g/mol. The number of nitrogens with zero attached hydrogens (tertiary/aromatic N) is 1. The molecule has 0 fully saturated rings. The summed E-state index contributed by atoms with van der Waals surface area (Å²) in [6, 6.07) is 7.58. The Balaban J connectivity index is 2.59. The van der Waals surface area contributed by atoms with Crippen LogP contribution in [-0.2, 0) is 0 Å². The molecule has 0 atom stereocenters. The lowest BCUT2D eigenvalue weighted by atomic mass is 10.3. The highest BCUT2D eigenvalue weighted by molar-refractivity contribution is 5.92. The van der Waals surface area contributed by atoms with Crippen LogP contribution in [0.5, 0.6) is 5.75 Å². The Morgan fingerprint density at radius 2 is 2.12 bits per heavy atom. The number of benzene rings is 1. The van der Waals surface area contributed by atoms with E-state index in [1.54, 1.807) is 6.08 Å². The molecule has 0 heterocycles. The molecule has 0 bridgehead atoms. The molecule has 17 heavy (non-hydrogen) atoms. The van der Waals surface area contributed by atoms with E-state index in [0.29, 0.717) is 12.5 Å². The lowest BCUT2D eigenvalue weighted by Crippen LogP contribution is -2.22. The minimum absolute atomic E-state index is 0.174. The minimum Gasteiger partial charge on any atom is -0.491 e.